The molecule has 0 heterocycles. The molecule has 1 aromatic rings. The first kappa shape index (κ1) is 16.9. The standard InChI is InChI=1S/C15H23N3O3/c1-4-6-9-17(11(3)5-2)15(19)13-10-12(16)7-8-14(13)18(20)21/h7-8,10-11H,4-6,9,16H2,1-3H3. The van der Waals surface area contributed by atoms with Gasteiger partial charge in [-0.15, -0.1) is 0 Å². The number of hydrogen-bond acceptors (Lipinski definition) is 4. The Hall–Kier alpha value is -2.11. The van der Waals surface area contributed by atoms with Crippen LogP contribution in [-0.4, -0.2) is 28.3 Å². The number of hydrogen-bond donors (Lipinski definition) is 1. The fourth-order valence-electron chi connectivity index (χ4n) is 2.11. The maximum Gasteiger partial charge on any atom is 0.282 e. The number of nitrogens with zero attached hydrogens (tertiary/aromatic N) is 2. The van der Waals surface area contributed by atoms with E-state index in [-0.39, 0.29) is 23.2 Å². The van der Waals surface area contributed by atoms with Crippen LogP contribution in [0.4, 0.5) is 11.4 Å². The van der Waals surface area contributed by atoms with Gasteiger partial charge in [0.05, 0.1) is 4.92 Å². The Morgan fingerprint density at radius 1 is 1.43 bits per heavy atom. The molecule has 116 valence electrons. The van der Waals surface area contributed by atoms with E-state index in [2.05, 4.69) is 0 Å². The number of carbonyl (C=O) groups excluding carboxylic acids is 1. The number of anilines is 1. The fraction of sp³-hybridized carbons (Fsp3) is 0.533. The quantitative estimate of drug-likeness (QED) is 0.475. The van der Waals surface area contributed by atoms with Crippen molar-refractivity contribution in [3.63, 3.8) is 0 Å². The zero-order valence-corrected chi connectivity index (χ0v) is 12.8. The molecule has 0 radical (unpaired) electrons. The average Bonchev–Trinajstić information content (AvgIpc) is 2.46. The summed E-state index contributed by atoms with van der Waals surface area (Å²) in [6.07, 6.45) is 2.62. The monoisotopic (exact) mass is 293 g/mol. The molecule has 1 amide bonds. The zero-order chi connectivity index (χ0) is 16.0. The summed E-state index contributed by atoms with van der Waals surface area (Å²) in [5.74, 6) is -0.322. The van der Waals surface area contributed by atoms with Crippen molar-refractivity contribution in [2.24, 2.45) is 0 Å². The first-order chi connectivity index (χ1) is 9.92. The summed E-state index contributed by atoms with van der Waals surface area (Å²) in [5, 5.41) is 11.1. The summed E-state index contributed by atoms with van der Waals surface area (Å²) in [4.78, 5) is 25.0. The van der Waals surface area contributed by atoms with Gasteiger partial charge in [-0.2, -0.15) is 0 Å². The van der Waals surface area contributed by atoms with E-state index in [0.717, 1.165) is 19.3 Å². The summed E-state index contributed by atoms with van der Waals surface area (Å²) in [6, 6.07) is 4.15. The van der Waals surface area contributed by atoms with Gasteiger partial charge in [-0.3, -0.25) is 14.9 Å². The second-order valence-electron chi connectivity index (χ2n) is 5.14. The van der Waals surface area contributed by atoms with E-state index >= 15 is 0 Å². The molecule has 21 heavy (non-hydrogen) atoms. The topological polar surface area (TPSA) is 89.5 Å². The molecule has 0 aromatic heterocycles. The smallest absolute Gasteiger partial charge is 0.282 e. The van der Waals surface area contributed by atoms with Gasteiger partial charge in [0.25, 0.3) is 11.6 Å². The first-order valence-electron chi connectivity index (χ1n) is 7.27. The van der Waals surface area contributed by atoms with Crippen LogP contribution in [-0.2, 0) is 0 Å². The Kier molecular flexibility index (Phi) is 6.14. The molecular formula is C15H23N3O3. The van der Waals surface area contributed by atoms with Crippen molar-refractivity contribution in [3.8, 4) is 0 Å². The molecule has 6 heteroatoms. The number of carbonyl (C=O) groups is 1. The van der Waals surface area contributed by atoms with E-state index in [1.807, 2.05) is 20.8 Å². The minimum Gasteiger partial charge on any atom is -0.399 e. The number of nitro benzene ring substituents is 1. The van der Waals surface area contributed by atoms with Crippen molar-refractivity contribution < 1.29 is 9.72 Å². The van der Waals surface area contributed by atoms with E-state index in [0.29, 0.717) is 12.2 Å². The van der Waals surface area contributed by atoms with Gasteiger partial charge in [0.1, 0.15) is 5.56 Å². The molecule has 1 unspecified atom stereocenters. The van der Waals surface area contributed by atoms with Crippen molar-refractivity contribution in [1.82, 2.24) is 4.90 Å². The predicted octanol–water partition coefficient (Wildman–Crippen LogP) is 3.22. The summed E-state index contributed by atoms with van der Waals surface area (Å²) in [6.45, 7) is 6.58. The Labute approximate surface area is 125 Å². The molecule has 0 fully saturated rings. The Bertz CT molecular complexity index is 517. The SMILES string of the molecule is CCCCN(C(=O)c1cc(N)ccc1[N+](=O)[O-])C(C)CC. The molecule has 1 aromatic carbocycles. The van der Waals surface area contributed by atoms with Crippen molar-refractivity contribution in [2.75, 3.05) is 12.3 Å². The van der Waals surface area contributed by atoms with Gasteiger partial charge in [0.2, 0.25) is 0 Å². The van der Waals surface area contributed by atoms with E-state index in [1.54, 1.807) is 4.90 Å². The second-order valence-corrected chi connectivity index (χ2v) is 5.14. The summed E-state index contributed by atoms with van der Waals surface area (Å²) < 4.78 is 0. The molecule has 0 aliphatic carbocycles. The summed E-state index contributed by atoms with van der Waals surface area (Å²) in [5.41, 5.74) is 5.90. The molecule has 1 atom stereocenters. The van der Waals surface area contributed by atoms with Gasteiger partial charge in [0.15, 0.2) is 0 Å². The Morgan fingerprint density at radius 2 is 2.10 bits per heavy atom. The molecule has 0 aliphatic rings. The Morgan fingerprint density at radius 3 is 2.62 bits per heavy atom. The molecule has 6 nitrogen and oxygen atoms in total. The van der Waals surface area contributed by atoms with Gasteiger partial charge in [-0.25, -0.2) is 0 Å². The normalized spacial score (nSPS) is 12.0. The van der Waals surface area contributed by atoms with Crippen molar-refractivity contribution >= 4 is 17.3 Å². The molecular weight excluding hydrogens is 270 g/mol. The molecule has 0 saturated heterocycles. The van der Waals surface area contributed by atoms with Gasteiger partial charge in [-0.1, -0.05) is 20.3 Å². The minimum atomic E-state index is -0.540. The average molecular weight is 293 g/mol. The van der Waals surface area contributed by atoms with Crippen LogP contribution < -0.4 is 5.73 Å². The van der Waals surface area contributed by atoms with Gasteiger partial charge in [-0.05, 0) is 31.9 Å². The predicted molar refractivity (Wildman–Crippen MR) is 83.2 cm³/mol. The van der Waals surface area contributed by atoms with Gasteiger partial charge in [0, 0.05) is 24.3 Å². The van der Waals surface area contributed by atoms with E-state index in [4.69, 9.17) is 5.73 Å². The molecule has 0 spiro atoms. The largest absolute Gasteiger partial charge is 0.399 e. The van der Waals surface area contributed by atoms with Crippen LogP contribution in [0.2, 0.25) is 0 Å². The van der Waals surface area contributed by atoms with Crippen molar-refractivity contribution in [2.45, 2.75) is 46.1 Å². The number of nitro groups is 1. The van der Waals surface area contributed by atoms with Crippen molar-refractivity contribution in [1.29, 1.82) is 0 Å². The van der Waals surface area contributed by atoms with Crippen LogP contribution in [0.1, 0.15) is 50.4 Å². The number of rotatable bonds is 7. The van der Waals surface area contributed by atoms with Crippen LogP contribution in [0, 0.1) is 10.1 Å². The number of nitrogen functional groups attached to an aromatic ring is 1. The molecule has 0 bridgehead atoms. The van der Waals surface area contributed by atoms with E-state index in [9.17, 15) is 14.9 Å². The van der Waals surface area contributed by atoms with E-state index < -0.39 is 4.92 Å². The molecule has 0 saturated carbocycles. The van der Waals surface area contributed by atoms with Crippen LogP contribution in [0.25, 0.3) is 0 Å². The molecule has 1 rings (SSSR count). The van der Waals surface area contributed by atoms with Crippen LogP contribution in [0.15, 0.2) is 18.2 Å². The lowest BCUT2D eigenvalue weighted by molar-refractivity contribution is -0.385. The highest BCUT2D eigenvalue weighted by Crippen LogP contribution is 2.24. The highest BCUT2D eigenvalue weighted by Gasteiger charge is 2.27. The number of unbranched alkanes of at least 4 members (excludes halogenated alkanes) is 1. The van der Waals surface area contributed by atoms with Crippen LogP contribution in [0.3, 0.4) is 0 Å². The molecule has 2 N–H and O–H groups in total. The third-order valence-electron chi connectivity index (χ3n) is 3.58. The summed E-state index contributed by atoms with van der Waals surface area (Å²) in [7, 11) is 0. The fourth-order valence-corrected chi connectivity index (χ4v) is 2.11. The lowest BCUT2D eigenvalue weighted by Crippen LogP contribution is -2.39. The highest BCUT2D eigenvalue weighted by atomic mass is 16.6. The number of amides is 1. The second kappa shape index (κ2) is 7.61. The molecule has 0 aliphatic heterocycles. The first-order valence-corrected chi connectivity index (χ1v) is 7.27. The highest BCUT2D eigenvalue weighted by molar-refractivity contribution is 5.99. The lowest BCUT2D eigenvalue weighted by atomic mass is 10.1. The maximum absolute atomic E-state index is 12.7. The van der Waals surface area contributed by atoms with Crippen LogP contribution in [0.5, 0.6) is 0 Å². The maximum atomic E-state index is 12.7. The third kappa shape index (κ3) is 4.18. The van der Waals surface area contributed by atoms with E-state index in [1.165, 1.54) is 18.2 Å². The summed E-state index contributed by atoms with van der Waals surface area (Å²) >= 11 is 0. The third-order valence-corrected chi connectivity index (χ3v) is 3.58. The number of nitrogens with two attached hydrogens (primary N) is 1. The Balaban J connectivity index is 3.18. The lowest BCUT2D eigenvalue weighted by Gasteiger charge is -2.28. The van der Waals surface area contributed by atoms with Gasteiger partial charge < -0.3 is 10.6 Å². The minimum absolute atomic E-state index is 0.0325. The van der Waals surface area contributed by atoms with Crippen molar-refractivity contribution in [3.05, 3.63) is 33.9 Å². The van der Waals surface area contributed by atoms with Crippen LogP contribution >= 0.6 is 0 Å². The number of benzene rings is 1. The zero-order valence-electron chi connectivity index (χ0n) is 12.8. The van der Waals surface area contributed by atoms with Gasteiger partial charge >= 0.3 is 0 Å².